The van der Waals surface area contributed by atoms with E-state index in [4.69, 9.17) is 4.74 Å². The van der Waals surface area contributed by atoms with Crippen molar-refractivity contribution in [2.24, 2.45) is 5.92 Å². The Morgan fingerprint density at radius 3 is 2.47 bits per heavy atom. The minimum atomic E-state index is -3.72. The monoisotopic (exact) mass is 511 g/mol. The summed E-state index contributed by atoms with van der Waals surface area (Å²) in [4.78, 5) is 17.5. The summed E-state index contributed by atoms with van der Waals surface area (Å²) in [7, 11) is -3.72. The van der Waals surface area contributed by atoms with Crippen LogP contribution in [0.1, 0.15) is 51.1 Å². The average Bonchev–Trinajstić information content (AvgIpc) is 2.87. The lowest BCUT2D eigenvalue weighted by Crippen LogP contribution is -2.43. The van der Waals surface area contributed by atoms with Gasteiger partial charge in [0.25, 0.3) is 0 Å². The number of sulfonamides is 1. The fourth-order valence-corrected chi connectivity index (χ4v) is 6.00. The molecule has 1 amide bonds. The smallest absolute Gasteiger partial charge is 0.240 e. The van der Waals surface area contributed by atoms with Crippen molar-refractivity contribution in [3.05, 3.63) is 66.2 Å². The molecule has 9 heteroatoms. The van der Waals surface area contributed by atoms with Crippen molar-refractivity contribution < 1.29 is 23.1 Å². The van der Waals surface area contributed by atoms with E-state index in [9.17, 15) is 18.3 Å². The second kappa shape index (κ2) is 11.4. The number of pyridine rings is 1. The number of aromatic nitrogens is 1. The molecule has 1 saturated carbocycles. The molecule has 1 fully saturated rings. The molecule has 4 rings (SSSR count). The van der Waals surface area contributed by atoms with E-state index in [-0.39, 0.29) is 22.8 Å². The number of rotatable bonds is 9. The highest BCUT2D eigenvalue weighted by Crippen LogP contribution is 2.28. The molecule has 2 unspecified atom stereocenters. The summed E-state index contributed by atoms with van der Waals surface area (Å²) >= 11 is 0. The largest absolute Gasteiger partial charge is 0.478 e. The average molecular weight is 512 g/mol. The van der Waals surface area contributed by atoms with Gasteiger partial charge in [-0.15, -0.1) is 0 Å². The molecule has 0 radical (unpaired) electrons. The molecule has 1 aromatic heterocycles. The third-order valence-corrected chi connectivity index (χ3v) is 8.11. The van der Waals surface area contributed by atoms with Gasteiger partial charge in [-0.25, -0.2) is 18.1 Å². The Hall–Kier alpha value is -3.01. The number of ether oxygens (including phenoxy) is 1. The lowest BCUT2D eigenvalue weighted by Gasteiger charge is -2.30. The molecular formula is C27H33N3O5S. The lowest BCUT2D eigenvalue weighted by atomic mass is 9.85. The standard InChI is InChI=1S/C27H33N3O5S/c1-3-35-25-16-11-21-17-23(14-15-24(21)28-25)36(33,34)30-22-12-9-20(10-13-22)27(32)29-26(18(2)31)19-7-5-4-6-8-19/h4-8,11,14-18,20,22,26,30-31H,3,9-10,12-13H2,1-2H3,(H,29,32). The number of fused-ring (bicyclic) bond motifs is 1. The molecule has 36 heavy (non-hydrogen) atoms. The minimum Gasteiger partial charge on any atom is -0.478 e. The van der Waals surface area contributed by atoms with Crippen LogP contribution in [-0.2, 0) is 14.8 Å². The van der Waals surface area contributed by atoms with Gasteiger partial charge in [-0.1, -0.05) is 30.3 Å². The summed E-state index contributed by atoms with van der Waals surface area (Å²) in [5.74, 6) is 0.171. The fraction of sp³-hybridized carbons (Fsp3) is 0.407. The Balaban J connectivity index is 1.35. The summed E-state index contributed by atoms with van der Waals surface area (Å²) in [6.07, 6.45) is 1.54. The van der Waals surface area contributed by atoms with E-state index in [1.165, 1.54) is 0 Å². The summed E-state index contributed by atoms with van der Waals surface area (Å²) in [5.41, 5.74) is 1.51. The Labute approximate surface area is 212 Å². The van der Waals surface area contributed by atoms with E-state index in [1.54, 1.807) is 37.3 Å². The van der Waals surface area contributed by atoms with E-state index in [0.717, 1.165) is 5.56 Å². The van der Waals surface area contributed by atoms with Gasteiger partial charge in [-0.05, 0) is 69.4 Å². The highest BCUT2D eigenvalue weighted by atomic mass is 32.2. The van der Waals surface area contributed by atoms with Crippen molar-refractivity contribution in [1.82, 2.24) is 15.0 Å². The zero-order chi connectivity index (χ0) is 25.7. The Bertz CT molecular complexity index is 1290. The van der Waals surface area contributed by atoms with Crippen molar-refractivity contribution in [2.75, 3.05) is 6.61 Å². The molecule has 3 aromatic rings. The molecule has 0 aliphatic heterocycles. The van der Waals surface area contributed by atoms with Crippen molar-refractivity contribution in [2.45, 2.75) is 62.6 Å². The van der Waals surface area contributed by atoms with Crippen LogP contribution < -0.4 is 14.8 Å². The summed E-state index contributed by atoms with van der Waals surface area (Å²) in [5, 5.41) is 13.9. The van der Waals surface area contributed by atoms with Crippen molar-refractivity contribution >= 4 is 26.8 Å². The number of nitrogens with zero attached hydrogens (tertiary/aromatic N) is 1. The van der Waals surface area contributed by atoms with Crippen molar-refractivity contribution in [1.29, 1.82) is 0 Å². The normalized spacial score (nSPS) is 20.0. The van der Waals surface area contributed by atoms with Crippen LogP contribution in [0.15, 0.2) is 65.6 Å². The van der Waals surface area contributed by atoms with Crippen molar-refractivity contribution in [3.63, 3.8) is 0 Å². The second-order valence-corrected chi connectivity index (χ2v) is 11.0. The highest BCUT2D eigenvalue weighted by Gasteiger charge is 2.31. The van der Waals surface area contributed by atoms with Crippen LogP contribution >= 0.6 is 0 Å². The molecular weight excluding hydrogens is 478 g/mol. The Kier molecular flexibility index (Phi) is 8.23. The van der Waals surface area contributed by atoms with E-state index in [2.05, 4.69) is 15.0 Å². The first kappa shape index (κ1) is 26.1. The van der Waals surface area contributed by atoms with Crippen LogP contribution in [0.2, 0.25) is 0 Å². The van der Waals surface area contributed by atoms with Crippen LogP contribution in [-0.4, -0.2) is 43.2 Å². The Morgan fingerprint density at radius 1 is 1.08 bits per heavy atom. The van der Waals surface area contributed by atoms with E-state index < -0.39 is 22.2 Å². The summed E-state index contributed by atoms with van der Waals surface area (Å²) in [6, 6.07) is 17.0. The SMILES string of the molecule is CCOc1ccc2cc(S(=O)(=O)NC3CCC(C(=O)NC(c4ccccc4)C(C)O)CC3)ccc2n1. The van der Waals surface area contributed by atoms with Crippen LogP contribution in [0, 0.1) is 5.92 Å². The molecule has 1 heterocycles. The van der Waals surface area contributed by atoms with Gasteiger partial charge in [0.2, 0.25) is 21.8 Å². The van der Waals surface area contributed by atoms with Crippen LogP contribution in [0.25, 0.3) is 10.9 Å². The molecule has 3 N–H and O–H groups in total. The maximum absolute atomic E-state index is 13.0. The first-order chi connectivity index (χ1) is 17.3. The van der Waals surface area contributed by atoms with Gasteiger partial charge in [0.15, 0.2) is 0 Å². The van der Waals surface area contributed by atoms with Gasteiger partial charge in [0, 0.05) is 23.4 Å². The van der Waals surface area contributed by atoms with Gasteiger partial charge in [0.05, 0.1) is 29.2 Å². The third-order valence-electron chi connectivity index (χ3n) is 6.60. The zero-order valence-electron chi connectivity index (χ0n) is 20.6. The molecule has 192 valence electrons. The molecule has 2 aromatic carbocycles. The maximum Gasteiger partial charge on any atom is 0.240 e. The van der Waals surface area contributed by atoms with E-state index in [1.807, 2.05) is 37.3 Å². The molecule has 0 bridgehead atoms. The lowest BCUT2D eigenvalue weighted by molar-refractivity contribution is -0.127. The van der Waals surface area contributed by atoms with Crippen LogP contribution in [0.4, 0.5) is 0 Å². The number of carbonyl (C=O) groups is 1. The number of nitrogens with one attached hydrogen (secondary N) is 2. The summed E-state index contributed by atoms with van der Waals surface area (Å²) in [6.45, 7) is 4.04. The number of carbonyl (C=O) groups excluding carboxylic acids is 1. The molecule has 8 nitrogen and oxygen atoms in total. The summed E-state index contributed by atoms with van der Waals surface area (Å²) < 4.78 is 34.3. The van der Waals surface area contributed by atoms with Gasteiger partial charge in [0.1, 0.15) is 0 Å². The number of aliphatic hydroxyl groups excluding tert-OH is 1. The number of aliphatic hydroxyl groups is 1. The van der Waals surface area contributed by atoms with Gasteiger partial charge >= 0.3 is 0 Å². The predicted molar refractivity (Wildman–Crippen MR) is 138 cm³/mol. The van der Waals surface area contributed by atoms with Gasteiger partial charge in [-0.2, -0.15) is 0 Å². The quantitative estimate of drug-likeness (QED) is 0.403. The van der Waals surface area contributed by atoms with Gasteiger partial charge < -0.3 is 15.2 Å². The van der Waals surface area contributed by atoms with E-state index in [0.29, 0.717) is 49.1 Å². The number of benzene rings is 2. The number of hydrogen-bond donors (Lipinski definition) is 3. The fourth-order valence-electron chi connectivity index (χ4n) is 4.66. The predicted octanol–water partition coefficient (Wildman–Crippen LogP) is 3.71. The first-order valence-electron chi connectivity index (χ1n) is 12.4. The number of amides is 1. The van der Waals surface area contributed by atoms with Crippen molar-refractivity contribution in [3.8, 4) is 5.88 Å². The van der Waals surface area contributed by atoms with Crippen LogP contribution in [0.3, 0.4) is 0 Å². The topological polar surface area (TPSA) is 118 Å². The number of hydrogen-bond acceptors (Lipinski definition) is 6. The molecule has 0 spiro atoms. The van der Waals surface area contributed by atoms with Gasteiger partial charge in [-0.3, -0.25) is 4.79 Å². The molecule has 2 atom stereocenters. The second-order valence-electron chi connectivity index (χ2n) is 9.24. The molecule has 0 saturated heterocycles. The Morgan fingerprint density at radius 2 is 1.81 bits per heavy atom. The minimum absolute atomic E-state index is 0.112. The molecule has 1 aliphatic rings. The maximum atomic E-state index is 13.0. The zero-order valence-corrected chi connectivity index (χ0v) is 21.4. The third kappa shape index (κ3) is 6.21. The first-order valence-corrected chi connectivity index (χ1v) is 13.8. The highest BCUT2D eigenvalue weighted by molar-refractivity contribution is 7.89. The van der Waals surface area contributed by atoms with E-state index >= 15 is 0 Å². The van der Waals surface area contributed by atoms with Crippen LogP contribution in [0.5, 0.6) is 5.88 Å². The molecule has 1 aliphatic carbocycles.